The summed E-state index contributed by atoms with van der Waals surface area (Å²) in [6.45, 7) is 0. The fourth-order valence-corrected chi connectivity index (χ4v) is 2.64. The van der Waals surface area contributed by atoms with E-state index in [9.17, 15) is 9.90 Å². The largest absolute Gasteiger partial charge is 0.504 e. The van der Waals surface area contributed by atoms with Crippen LogP contribution in [0, 0.1) is 0 Å². The first-order valence-electron chi connectivity index (χ1n) is 7.83. The van der Waals surface area contributed by atoms with E-state index in [4.69, 9.17) is 4.74 Å². The standard InChI is InChI=1S/C20H18N2O3/c1-25-18-11-5-9-16(20(18)24)13-21-22-19(23)12-15-8-4-7-14-6-2-3-10-17(14)15/h2-11,13,24H,12H2,1H3,(H,22,23). The SMILES string of the molecule is COc1cccc(C=NNC(=O)Cc2cccc3ccccc23)c1O. The lowest BCUT2D eigenvalue weighted by molar-refractivity contribution is -0.120. The van der Waals surface area contributed by atoms with Gasteiger partial charge in [-0.2, -0.15) is 5.10 Å². The molecule has 5 heteroatoms. The number of hydrazone groups is 1. The van der Waals surface area contributed by atoms with Crippen molar-refractivity contribution < 1.29 is 14.6 Å². The van der Waals surface area contributed by atoms with Gasteiger partial charge in [-0.05, 0) is 28.5 Å². The van der Waals surface area contributed by atoms with Crippen LogP contribution in [0.3, 0.4) is 0 Å². The molecule has 0 unspecified atom stereocenters. The highest BCUT2D eigenvalue weighted by atomic mass is 16.5. The van der Waals surface area contributed by atoms with E-state index in [0.717, 1.165) is 16.3 Å². The number of benzene rings is 3. The topological polar surface area (TPSA) is 70.9 Å². The summed E-state index contributed by atoms with van der Waals surface area (Å²) in [6, 6.07) is 18.9. The van der Waals surface area contributed by atoms with E-state index in [1.165, 1.54) is 13.3 Å². The summed E-state index contributed by atoms with van der Waals surface area (Å²) >= 11 is 0. The molecule has 3 aromatic rings. The number of amides is 1. The Morgan fingerprint density at radius 3 is 2.72 bits per heavy atom. The zero-order valence-corrected chi connectivity index (χ0v) is 13.8. The third-order valence-corrected chi connectivity index (χ3v) is 3.87. The molecule has 2 N–H and O–H groups in total. The molecule has 0 heterocycles. The zero-order chi connectivity index (χ0) is 17.6. The second-order valence-corrected chi connectivity index (χ2v) is 5.51. The average Bonchev–Trinajstić information content (AvgIpc) is 2.63. The molecule has 3 aromatic carbocycles. The second kappa shape index (κ2) is 7.49. The molecular formula is C20H18N2O3. The lowest BCUT2D eigenvalue weighted by atomic mass is 10.0. The summed E-state index contributed by atoms with van der Waals surface area (Å²) in [5.41, 5.74) is 3.89. The van der Waals surface area contributed by atoms with E-state index in [2.05, 4.69) is 10.5 Å². The maximum atomic E-state index is 12.1. The fourth-order valence-electron chi connectivity index (χ4n) is 2.64. The number of fused-ring (bicyclic) bond motifs is 1. The summed E-state index contributed by atoms with van der Waals surface area (Å²) < 4.78 is 5.03. The van der Waals surface area contributed by atoms with Gasteiger partial charge in [0.15, 0.2) is 11.5 Å². The van der Waals surface area contributed by atoms with E-state index in [-0.39, 0.29) is 18.1 Å². The predicted molar refractivity (Wildman–Crippen MR) is 98.0 cm³/mol. The molecule has 5 nitrogen and oxygen atoms in total. The third-order valence-electron chi connectivity index (χ3n) is 3.87. The first-order valence-corrected chi connectivity index (χ1v) is 7.83. The van der Waals surface area contributed by atoms with Gasteiger partial charge in [0, 0.05) is 5.56 Å². The molecule has 0 aliphatic heterocycles. The molecule has 0 bridgehead atoms. The molecule has 0 aliphatic carbocycles. The minimum Gasteiger partial charge on any atom is -0.504 e. The molecule has 0 radical (unpaired) electrons. The van der Waals surface area contributed by atoms with Crippen molar-refractivity contribution in [1.29, 1.82) is 0 Å². The maximum absolute atomic E-state index is 12.1. The number of rotatable bonds is 5. The smallest absolute Gasteiger partial charge is 0.244 e. The van der Waals surface area contributed by atoms with Crippen molar-refractivity contribution in [3.05, 3.63) is 71.8 Å². The fraction of sp³-hybridized carbons (Fsp3) is 0.100. The van der Waals surface area contributed by atoms with E-state index < -0.39 is 0 Å². The summed E-state index contributed by atoms with van der Waals surface area (Å²) in [4.78, 5) is 12.1. The zero-order valence-electron chi connectivity index (χ0n) is 13.8. The van der Waals surface area contributed by atoms with Gasteiger partial charge in [0.25, 0.3) is 0 Å². The van der Waals surface area contributed by atoms with Crippen molar-refractivity contribution in [2.45, 2.75) is 6.42 Å². The molecule has 0 aliphatic rings. The van der Waals surface area contributed by atoms with Gasteiger partial charge in [0.2, 0.25) is 5.91 Å². The Kier molecular flexibility index (Phi) is 4.95. The van der Waals surface area contributed by atoms with Crippen molar-refractivity contribution in [3.8, 4) is 11.5 Å². The molecule has 0 atom stereocenters. The monoisotopic (exact) mass is 334 g/mol. The van der Waals surface area contributed by atoms with Crippen LogP contribution < -0.4 is 10.2 Å². The van der Waals surface area contributed by atoms with Gasteiger partial charge in [0.05, 0.1) is 19.7 Å². The maximum Gasteiger partial charge on any atom is 0.244 e. The molecule has 0 fully saturated rings. The average molecular weight is 334 g/mol. The normalized spacial score (nSPS) is 10.9. The number of nitrogens with zero attached hydrogens (tertiary/aromatic N) is 1. The van der Waals surface area contributed by atoms with E-state index in [1.807, 2.05) is 42.5 Å². The van der Waals surface area contributed by atoms with Crippen LogP contribution in [0.25, 0.3) is 10.8 Å². The Labute approximate surface area is 145 Å². The van der Waals surface area contributed by atoms with Gasteiger partial charge in [0.1, 0.15) is 0 Å². The van der Waals surface area contributed by atoms with Gasteiger partial charge in [-0.15, -0.1) is 0 Å². The highest BCUT2D eigenvalue weighted by molar-refractivity contribution is 5.91. The first-order chi connectivity index (χ1) is 12.2. The molecule has 3 rings (SSSR count). The Balaban J connectivity index is 1.69. The van der Waals surface area contributed by atoms with E-state index in [0.29, 0.717) is 11.3 Å². The van der Waals surface area contributed by atoms with Gasteiger partial charge in [-0.25, -0.2) is 5.43 Å². The molecule has 126 valence electrons. The number of aromatic hydroxyl groups is 1. The van der Waals surface area contributed by atoms with Gasteiger partial charge in [-0.1, -0.05) is 48.5 Å². The molecule has 0 spiro atoms. The molecule has 25 heavy (non-hydrogen) atoms. The Morgan fingerprint density at radius 2 is 1.88 bits per heavy atom. The van der Waals surface area contributed by atoms with Crippen LogP contribution in [0.4, 0.5) is 0 Å². The number of hydrogen-bond acceptors (Lipinski definition) is 4. The molecule has 1 amide bonds. The first kappa shape index (κ1) is 16.5. The quantitative estimate of drug-likeness (QED) is 0.556. The third kappa shape index (κ3) is 3.77. The number of nitrogens with one attached hydrogen (secondary N) is 1. The minimum absolute atomic E-state index is 0.0166. The lowest BCUT2D eigenvalue weighted by Crippen LogP contribution is -2.19. The summed E-state index contributed by atoms with van der Waals surface area (Å²) in [7, 11) is 1.47. The van der Waals surface area contributed by atoms with Crippen molar-refractivity contribution in [2.75, 3.05) is 7.11 Å². The molecule has 0 aromatic heterocycles. The number of hydrogen-bond donors (Lipinski definition) is 2. The number of ether oxygens (including phenoxy) is 1. The number of methoxy groups -OCH3 is 1. The van der Waals surface area contributed by atoms with Gasteiger partial charge < -0.3 is 9.84 Å². The van der Waals surface area contributed by atoms with Crippen LogP contribution in [0.2, 0.25) is 0 Å². The molecule has 0 saturated heterocycles. The number of carbonyl (C=O) groups excluding carboxylic acids is 1. The van der Waals surface area contributed by atoms with E-state index in [1.54, 1.807) is 18.2 Å². The van der Waals surface area contributed by atoms with Crippen LogP contribution >= 0.6 is 0 Å². The Hall–Kier alpha value is -3.34. The number of carbonyl (C=O) groups is 1. The van der Waals surface area contributed by atoms with Crippen LogP contribution in [0.1, 0.15) is 11.1 Å². The van der Waals surface area contributed by atoms with Gasteiger partial charge >= 0.3 is 0 Å². The molecular weight excluding hydrogens is 316 g/mol. The number of phenolic OH excluding ortho intramolecular Hbond substituents is 1. The highest BCUT2D eigenvalue weighted by Crippen LogP contribution is 2.27. The van der Waals surface area contributed by atoms with Crippen molar-refractivity contribution in [2.24, 2.45) is 5.10 Å². The summed E-state index contributed by atoms with van der Waals surface area (Å²) in [6.07, 6.45) is 1.61. The van der Waals surface area contributed by atoms with Gasteiger partial charge in [-0.3, -0.25) is 4.79 Å². The summed E-state index contributed by atoms with van der Waals surface area (Å²) in [5, 5.41) is 16.0. The molecule has 0 saturated carbocycles. The van der Waals surface area contributed by atoms with Crippen LogP contribution in [0.15, 0.2) is 65.8 Å². The summed E-state index contributed by atoms with van der Waals surface area (Å²) in [5.74, 6) is 0.109. The van der Waals surface area contributed by atoms with Crippen LogP contribution in [0.5, 0.6) is 11.5 Å². The van der Waals surface area contributed by atoms with Crippen molar-refractivity contribution in [1.82, 2.24) is 5.43 Å². The number of phenols is 1. The van der Waals surface area contributed by atoms with Crippen molar-refractivity contribution >= 4 is 22.9 Å². The van der Waals surface area contributed by atoms with Crippen LogP contribution in [-0.2, 0) is 11.2 Å². The Bertz CT molecular complexity index is 930. The van der Waals surface area contributed by atoms with Crippen molar-refractivity contribution in [3.63, 3.8) is 0 Å². The second-order valence-electron chi connectivity index (χ2n) is 5.51. The Morgan fingerprint density at radius 1 is 1.12 bits per heavy atom. The lowest BCUT2D eigenvalue weighted by Gasteiger charge is -2.06. The predicted octanol–water partition coefficient (Wildman–Crippen LogP) is 3.25. The van der Waals surface area contributed by atoms with Crippen LogP contribution in [-0.4, -0.2) is 24.3 Å². The van der Waals surface area contributed by atoms with E-state index >= 15 is 0 Å². The minimum atomic E-state index is -0.227. The highest BCUT2D eigenvalue weighted by Gasteiger charge is 2.07. The number of para-hydroxylation sites is 1.